The number of ether oxygens (including phenoxy) is 1. The average molecular weight is 339 g/mol. The molecule has 1 amide bonds. The second-order valence-electron chi connectivity index (χ2n) is 6.55. The topological polar surface area (TPSA) is 73.6 Å². The first kappa shape index (κ1) is 14.5. The SMILES string of the molecule is O=C(c1ccco1)N1CCC2(C1)Cn1c(-c3ccco3)cnc1CO2. The highest BCUT2D eigenvalue weighted by Crippen LogP contribution is 2.35. The normalized spacial score (nSPS) is 22.5. The second-order valence-corrected chi connectivity index (χ2v) is 6.55. The number of carbonyl (C=O) groups excluding carboxylic acids is 1. The average Bonchev–Trinajstić information content (AvgIpc) is 3.41. The van der Waals surface area contributed by atoms with E-state index in [4.69, 9.17) is 13.6 Å². The van der Waals surface area contributed by atoms with Crippen molar-refractivity contribution in [2.24, 2.45) is 0 Å². The summed E-state index contributed by atoms with van der Waals surface area (Å²) in [5.41, 5.74) is 0.551. The van der Waals surface area contributed by atoms with Gasteiger partial charge in [-0.05, 0) is 30.7 Å². The van der Waals surface area contributed by atoms with E-state index >= 15 is 0 Å². The number of amides is 1. The highest BCUT2D eigenvalue weighted by atomic mass is 16.5. The fourth-order valence-electron chi connectivity index (χ4n) is 3.70. The van der Waals surface area contributed by atoms with Gasteiger partial charge in [0.2, 0.25) is 0 Å². The van der Waals surface area contributed by atoms with Gasteiger partial charge in [0, 0.05) is 6.54 Å². The lowest BCUT2D eigenvalue weighted by Crippen LogP contribution is -2.45. The molecule has 0 aliphatic carbocycles. The summed E-state index contributed by atoms with van der Waals surface area (Å²) in [6.07, 6.45) is 5.78. The first-order valence-corrected chi connectivity index (χ1v) is 8.29. The van der Waals surface area contributed by atoms with Crippen LogP contribution in [0, 0.1) is 0 Å². The van der Waals surface area contributed by atoms with E-state index in [1.54, 1.807) is 23.3 Å². The summed E-state index contributed by atoms with van der Waals surface area (Å²) in [5.74, 6) is 1.95. The van der Waals surface area contributed by atoms with E-state index in [-0.39, 0.29) is 5.91 Å². The van der Waals surface area contributed by atoms with Crippen LogP contribution in [0.4, 0.5) is 0 Å². The fourth-order valence-corrected chi connectivity index (χ4v) is 3.70. The van der Waals surface area contributed by atoms with Gasteiger partial charge in [-0.25, -0.2) is 4.98 Å². The van der Waals surface area contributed by atoms with Gasteiger partial charge < -0.3 is 23.0 Å². The smallest absolute Gasteiger partial charge is 0.289 e. The van der Waals surface area contributed by atoms with Crippen LogP contribution in [-0.2, 0) is 17.9 Å². The maximum atomic E-state index is 12.5. The van der Waals surface area contributed by atoms with E-state index in [1.165, 1.54) is 6.26 Å². The molecule has 1 atom stereocenters. The molecular weight excluding hydrogens is 322 g/mol. The van der Waals surface area contributed by atoms with Crippen molar-refractivity contribution in [1.29, 1.82) is 0 Å². The lowest BCUT2D eigenvalue weighted by Gasteiger charge is -2.34. The quantitative estimate of drug-likeness (QED) is 0.717. The summed E-state index contributed by atoms with van der Waals surface area (Å²) >= 11 is 0. The highest BCUT2D eigenvalue weighted by Gasteiger charge is 2.45. The van der Waals surface area contributed by atoms with E-state index in [0.717, 1.165) is 23.7 Å². The molecule has 7 nitrogen and oxygen atoms in total. The van der Waals surface area contributed by atoms with Gasteiger partial charge in [0.05, 0.1) is 31.8 Å². The molecule has 2 aliphatic heterocycles. The van der Waals surface area contributed by atoms with Crippen LogP contribution in [0.1, 0.15) is 22.8 Å². The van der Waals surface area contributed by atoms with E-state index in [0.29, 0.717) is 32.0 Å². The van der Waals surface area contributed by atoms with Crippen molar-refractivity contribution in [2.75, 3.05) is 13.1 Å². The van der Waals surface area contributed by atoms with Crippen LogP contribution in [0.25, 0.3) is 11.5 Å². The van der Waals surface area contributed by atoms with Gasteiger partial charge in [-0.2, -0.15) is 0 Å². The number of likely N-dealkylation sites (tertiary alicyclic amines) is 1. The van der Waals surface area contributed by atoms with Gasteiger partial charge >= 0.3 is 0 Å². The van der Waals surface area contributed by atoms with Crippen LogP contribution in [0.5, 0.6) is 0 Å². The van der Waals surface area contributed by atoms with Gasteiger partial charge in [0.1, 0.15) is 23.7 Å². The Morgan fingerprint density at radius 3 is 2.84 bits per heavy atom. The molecule has 0 radical (unpaired) electrons. The van der Waals surface area contributed by atoms with E-state index in [1.807, 2.05) is 18.3 Å². The van der Waals surface area contributed by atoms with Crippen LogP contribution in [0.2, 0.25) is 0 Å². The van der Waals surface area contributed by atoms with Crippen molar-refractivity contribution in [3.8, 4) is 11.5 Å². The molecule has 1 spiro atoms. The number of furan rings is 2. The lowest BCUT2D eigenvalue weighted by molar-refractivity contribution is -0.0806. The molecule has 25 heavy (non-hydrogen) atoms. The Morgan fingerprint density at radius 1 is 1.16 bits per heavy atom. The summed E-state index contributed by atoms with van der Waals surface area (Å²) in [4.78, 5) is 18.8. The molecule has 3 aromatic rings. The summed E-state index contributed by atoms with van der Waals surface area (Å²) < 4.78 is 19.0. The van der Waals surface area contributed by atoms with Crippen LogP contribution in [0.15, 0.2) is 51.8 Å². The minimum absolute atomic E-state index is 0.0897. The Morgan fingerprint density at radius 2 is 2.04 bits per heavy atom. The maximum absolute atomic E-state index is 12.5. The lowest BCUT2D eigenvalue weighted by atomic mass is 10.0. The Bertz CT molecular complexity index is 897. The first-order chi connectivity index (χ1) is 12.2. The predicted octanol–water partition coefficient (Wildman–Crippen LogP) is 2.55. The number of aromatic nitrogens is 2. The number of carbonyl (C=O) groups is 1. The number of fused-ring (bicyclic) bond motifs is 1. The zero-order valence-electron chi connectivity index (χ0n) is 13.6. The standard InChI is InChI=1S/C18H17N3O4/c22-17(15-4-2-8-24-15)20-6-5-18(11-20)12-21-13(14-3-1-7-23-14)9-19-16(21)10-25-18/h1-4,7-9H,5-6,10-12H2. The van der Waals surface area contributed by atoms with Gasteiger partial charge in [-0.1, -0.05) is 0 Å². The molecule has 1 fully saturated rings. The fraction of sp³-hybridized carbons (Fsp3) is 0.333. The Balaban J connectivity index is 1.40. The van der Waals surface area contributed by atoms with E-state index in [2.05, 4.69) is 9.55 Å². The summed E-state index contributed by atoms with van der Waals surface area (Å²) in [5, 5.41) is 0. The molecule has 5 rings (SSSR count). The highest BCUT2D eigenvalue weighted by molar-refractivity contribution is 5.91. The molecule has 5 heterocycles. The van der Waals surface area contributed by atoms with Gasteiger partial charge in [0.25, 0.3) is 5.91 Å². The minimum atomic E-state index is -0.392. The van der Waals surface area contributed by atoms with Gasteiger partial charge in [-0.15, -0.1) is 0 Å². The second kappa shape index (κ2) is 5.35. The summed E-state index contributed by atoms with van der Waals surface area (Å²) in [6, 6.07) is 7.21. The monoisotopic (exact) mass is 339 g/mol. The van der Waals surface area contributed by atoms with Crippen LogP contribution in [0.3, 0.4) is 0 Å². The molecule has 0 aromatic carbocycles. The minimum Gasteiger partial charge on any atom is -0.463 e. The number of imidazole rings is 1. The van der Waals surface area contributed by atoms with Crippen LogP contribution < -0.4 is 0 Å². The zero-order chi connectivity index (χ0) is 16.9. The van der Waals surface area contributed by atoms with Crippen molar-refractivity contribution in [2.45, 2.75) is 25.2 Å². The first-order valence-electron chi connectivity index (χ1n) is 8.29. The molecule has 3 aromatic heterocycles. The number of rotatable bonds is 2. The predicted molar refractivity (Wildman–Crippen MR) is 86.7 cm³/mol. The number of hydrogen-bond acceptors (Lipinski definition) is 5. The van der Waals surface area contributed by atoms with Crippen molar-refractivity contribution in [3.05, 3.63) is 54.6 Å². The molecule has 0 saturated carbocycles. The molecule has 2 aliphatic rings. The molecule has 1 unspecified atom stereocenters. The number of nitrogens with zero attached hydrogens (tertiary/aromatic N) is 3. The molecule has 7 heteroatoms. The van der Waals surface area contributed by atoms with Gasteiger partial charge in [-0.3, -0.25) is 4.79 Å². The van der Waals surface area contributed by atoms with Crippen molar-refractivity contribution < 1.29 is 18.4 Å². The van der Waals surface area contributed by atoms with Crippen molar-refractivity contribution in [3.63, 3.8) is 0 Å². The maximum Gasteiger partial charge on any atom is 0.289 e. The third-order valence-corrected chi connectivity index (χ3v) is 5.00. The van der Waals surface area contributed by atoms with Gasteiger partial charge in [0.15, 0.2) is 11.5 Å². The third-order valence-electron chi connectivity index (χ3n) is 5.00. The van der Waals surface area contributed by atoms with E-state index < -0.39 is 5.60 Å². The van der Waals surface area contributed by atoms with Crippen LogP contribution >= 0.6 is 0 Å². The zero-order valence-corrected chi connectivity index (χ0v) is 13.6. The molecule has 0 bridgehead atoms. The Labute approximate surface area is 143 Å². The summed E-state index contributed by atoms with van der Waals surface area (Å²) in [6.45, 7) is 2.28. The van der Waals surface area contributed by atoms with Crippen molar-refractivity contribution in [1.82, 2.24) is 14.5 Å². The Kier molecular flexibility index (Phi) is 3.11. The Hall–Kier alpha value is -2.80. The molecule has 128 valence electrons. The molecule has 1 saturated heterocycles. The molecular formula is C18H17N3O4. The largest absolute Gasteiger partial charge is 0.463 e. The third kappa shape index (κ3) is 2.31. The van der Waals surface area contributed by atoms with E-state index in [9.17, 15) is 4.79 Å². The number of hydrogen-bond donors (Lipinski definition) is 0. The summed E-state index contributed by atoms with van der Waals surface area (Å²) in [7, 11) is 0. The molecule has 0 N–H and O–H groups in total. The van der Waals surface area contributed by atoms with Crippen LogP contribution in [-0.4, -0.2) is 39.0 Å². The van der Waals surface area contributed by atoms with Crippen molar-refractivity contribution >= 4 is 5.91 Å².